The molecule has 0 aliphatic heterocycles. The number of unbranched alkanes of at least 4 members (excludes halogenated alkanes) is 2. The molecule has 0 saturated carbocycles. The third kappa shape index (κ3) is 8.41. The van der Waals surface area contributed by atoms with E-state index in [9.17, 15) is 35.4 Å². The number of aliphatic hydroxyl groups excluding tert-OH is 6. The first-order valence-electron chi connectivity index (χ1n) is 8.46. The van der Waals surface area contributed by atoms with Crippen molar-refractivity contribution in [2.45, 2.75) is 25.7 Å². The van der Waals surface area contributed by atoms with E-state index >= 15 is 0 Å². The van der Waals surface area contributed by atoms with Crippen LogP contribution in [0.15, 0.2) is 0 Å². The maximum Gasteiger partial charge on any atom is 0.303 e. The van der Waals surface area contributed by atoms with E-state index in [1.807, 2.05) is 0 Å². The van der Waals surface area contributed by atoms with Gasteiger partial charge in [0.25, 0.3) is 0 Å². The van der Waals surface area contributed by atoms with Gasteiger partial charge in [-0.1, -0.05) is 6.42 Å². The molecule has 0 unspecified atom stereocenters. The molecule has 0 aliphatic rings. The second-order valence-electron chi connectivity index (χ2n) is 6.86. The van der Waals surface area contributed by atoms with Gasteiger partial charge in [0.15, 0.2) is 0 Å². The predicted molar refractivity (Wildman–Crippen MR) is 89.9 cm³/mol. The van der Waals surface area contributed by atoms with Gasteiger partial charge < -0.3 is 40.6 Å². The first kappa shape index (κ1) is 24.2. The van der Waals surface area contributed by atoms with Gasteiger partial charge in [0.2, 0.25) is 0 Å². The van der Waals surface area contributed by atoms with Gasteiger partial charge >= 0.3 is 5.97 Å². The highest BCUT2D eigenvalue weighted by molar-refractivity contribution is 5.66. The van der Waals surface area contributed by atoms with Gasteiger partial charge in [0.05, 0.1) is 50.5 Å². The number of hydrogen-bond donors (Lipinski definition) is 7. The zero-order valence-electron chi connectivity index (χ0n) is 14.7. The molecule has 0 rings (SSSR count). The molecule has 0 aliphatic carbocycles. The molecule has 0 radical (unpaired) electrons. The molecule has 0 aromatic rings. The van der Waals surface area contributed by atoms with E-state index in [1.54, 1.807) is 4.90 Å². The van der Waals surface area contributed by atoms with Gasteiger partial charge in [-0.3, -0.25) is 4.79 Å². The zero-order valence-corrected chi connectivity index (χ0v) is 14.7. The molecule has 0 aromatic carbocycles. The summed E-state index contributed by atoms with van der Waals surface area (Å²) < 4.78 is 0. The summed E-state index contributed by atoms with van der Waals surface area (Å²) in [4.78, 5) is 12.3. The van der Waals surface area contributed by atoms with Gasteiger partial charge in [-0.25, -0.2) is 0 Å². The summed E-state index contributed by atoms with van der Waals surface area (Å²) >= 11 is 0. The van der Waals surface area contributed by atoms with Crippen molar-refractivity contribution < 1.29 is 40.5 Å². The summed E-state index contributed by atoms with van der Waals surface area (Å²) in [7, 11) is 0. The van der Waals surface area contributed by atoms with Crippen LogP contribution in [0.2, 0.25) is 0 Å². The highest BCUT2D eigenvalue weighted by Crippen LogP contribution is 2.23. The molecule has 0 aromatic heterocycles. The van der Waals surface area contributed by atoms with E-state index in [1.165, 1.54) is 0 Å². The normalized spacial score (nSPS) is 12.8. The Hall–Kier alpha value is -0.810. The topological polar surface area (TPSA) is 162 Å². The van der Waals surface area contributed by atoms with E-state index in [0.29, 0.717) is 25.8 Å². The van der Waals surface area contributed by atoms with Crippen LogP contribution < -0.4 is 0 Å². The molecule has 25 heavy (non-hydrogen) atoms. The van der Waals surface area contributed by atoms with Crippen molar-refractivity contribution in [1.29, 1.82) is 0 Å². The van der Waals surface area contributed by atoms with Crippen LogP contribution in [-0.2, 0) is 4.79 Å². The number of aliphatic hydroxyl groups is 6. The Kier molecular flexibility index (Phi) is 12.1. The van der Waals surface area contributed by atoms with E-state index in [2.05, 4.69) is 0 Å². The Labute approximate surface area is 148 Å². The van der Waals surface area contributed by atoms with E-state index < -0.39 is 56.4 Å². The number of hydrogen-bond acceptors (Lipinski definition) is 8. The van der Waals surface area contributed by atoms with Crippen molar-refractivity contribution in [2.24, 2.45) is 10.8 Å². The first-order chi connectivity index (χ1) is 11.9. The number of aliphatic carboxylic acids is 1. The number of carboxylic acid groups (broad SMARTS) is 1. The maximum atomic E-state index is 10.5. The van der Waals surface area contributed by atoms with Gasteiger partial charge in [-0.15, -0.1) is 0 Å². The van der Waals surface area contributed by atoms with Crippen LogP contribution in [0.3, 0.4) is 0 Å². The van der Waals surface area contributed by atoms with Crippen molar-refractivity contribution >= 4 is 5.97 Å². The van der Waals surface area contributed by atoms with Crippen LogP contribution in [-0.4, -0.2) is 106 Å². The molecule has 7 N–H and O–H groups in total. The lowest BCUT2D eigenvalue weighted by atomic mass is 9.86. The molecule has 0 bridgehead atoms. The summed E-state index contributed by atoms with van der Waals surface area (Å²) in [5.41, 5.74) is -2.29. The second-order valence-corrected chi connectivity index (χ2v) is 6.86. The zero-order chi connectivity index (χ0) is 19.3. The summed E-state index contributed by atoms with van der Waals surface area (Å²) in [6.07, 6.45) is 1.86. The summed E-state index contributed by atoms with van der Waals surface area (Å²) in [5, 5.41) is 65.7. The highest BCUT2D eigenvalue weighted by Gasteiger charge is 2.35. The van der Waals surface area contributed by atoms with Crippen molar-refractivity contribution in [2.75, 3.05) is 59.3 Å². The first-order valence-corrected chi connectivity index (χ1v) is 8.46. The predicted octanol–water partition coefficient (Wildman–Crippen LogP) is -2.14. The largest absolute Gasteiger partial charge is 0.481 e. The lowest BCUT2D eigenvalue weighted by Crippen LogP contribution is -2.51. The van der Waals surface area contributed by atoms with Gasteiger partial charge in [-0.2, -0.15) is 0 Å². The van der Waals surface area contributed by atoms with Gasteiger partial charge in [0, 0.05) is 19.5 Å². The van der Waals surface area contributed by atoms with Crippen molar-refractivity contribution in [1.82, 2.24) is 4.90 Å². The summed E-state index contributed by atoms with van der Waals surface area (Å²) in [6.45, 7) is -2.00. The number of carbonyl (C=O) groups is 1. The Bertz CT molecular complexity index is 320. The third-order valence-corrected chi connectivity index (χ3v) is 4.50. The molecule has 0 saturated heterocycles. The molecular weight excluding hydrogens is 334 g/mol. The lowest BCUT2D eigenvalue weighted by Gasteiger charge is -2.39. The quantitative estimate of drug-likeness (QED) is 0.151. The summed E-state index contributed by atoms with van der Waals surface area (Å²) in [6, 6.07) is 0. The number of nitrogens with zero attached hydrogens (tertiary/aromatic N) is 1. The lowest BCUT2D eigenvalue weighted by molar-refractivity contribution is -0.137. The average Bonchev–Trinajstić information content (AvgIpc) is 2.63. The summed E-state index contributed by atoms with van der Waals surface area (Å²) in [5.74, 6) is -0.864. The SMILES string of the molecule is O=C(O)CCCCCN(CC(CO)(CO)CO)CC(CO)(CO)CO. The Morgan fingerprint density at radius 3 is 1.40 bits per heavy atom. The maximum absolute atomic E-state index is 10.5. The Morgan fingerprint density at radius 2 is 1.08 bits per heavy atom. The fourth-order valence-electron chi connectivity index (χ4n) is 2.55. The van der Waals surface area contributed by atoms with Crippen LogP contribution in [0, 0.1) is 10.8 Å². The minimum absolute atomic E-state index is 0.0711. The Balaban J connectivity index is 4.94. The van der Waals surface area contributed by atoms with Crippen molar-refractivity contribution in [3.63, 3.8) is 0 Å². The van der Waals surface area contributed by atoms with E-state index in [-0.39, 0.29) is 19.5 Å². The van der Waals surface area contributed by atoms with Crippen LogP contribution in [0.4, 0.5) is 0 Å². The smallest absolute Gasteiger partial charge is 0.303 e. The molecule has 0 fully saturated rings. The Morgan fingerprint density at radius 1 is 0.680 bits per heavy atom. The van der Waals surface area contributed by atoms with Crippen molar-refractivity contribution in [3.05, 3.63) is 0 Å². The monoisotopic (exact) mass is 367 g/mol. The standard InChI is InChI=1S/C16H33NO8/c18-8-15(9-19,10-20)6-17(5-3-1-2-4-14(24)25)7-16(11-21,12-22)13-23/h18-23H,1-13H2,(H,24,25). The minimum Gasteiger partial charge on any atom is -0.481 e. The van der Waals surface area contributed by atoms with E-state index in [0.717, 1.165) is 0 Å². The fraction of sp³-hybridized carbons (Fsp3) is 0.938. The molecule has 0 atom stereocenters. The van der Waals surface area contributed by atoms with Gasteiger partial charge in [0.1, 0.15) is 0 Å². The highest BCUT2D eigenvalue weighted by atomic mass is 16.4. The molecule has 0 amide bonds. The number of rotatable bonds is 16. The van der Waals surface area contributed by atoms with Gasteiger partial charge in [-0.05, 0) is 19.4 Å². The minimum atomic E-state index is -1.15. The number of carboxylic acids is 1. The van der Waals surface area contributed by atoms with Crippen molar-refractivity contribution in [3.8, 4) is 0 Å². The molecule has 0 spiro atoms. The fourth-order valence-corrected chi connectivity index (χ4v) is 2.55. The van der Waals surface area contributed by atoms with Crippen LogP contribution >= 0.6 is 0 Å². The van der Waals surface area contributed by atoms with Crippen LogP contribution in [0.1, 0.15) is 25.7 Å². The second kappa shape index (κ2) is 12.5. The average molecular weight is 367 g/mol. The molecule has 9 nitrogen and oxygen atoms in total. The molecule has 9 heteroatoms. The molecule has 0 heterocycles. The molecule has 150 valence electrons. The van der Waals surface area contributed by atoms with Crippen LogP contribution in [0.25, 0.3) is 0 Å². The third-order valence-electron chi connectivity index (χ3n) is 4.50. The van der Waals surface area contributed by atoms with E-state index in [4.69, 9.17) is 5.11 Å². The molecular formula is C16H33NO8. The van der Waals surface area contributed by atoms with Crippen LogP contribution in [0.5, 0.6) is 0 Å².